The first kappa shape index (κ1) is 10.4. The van der Waals surface area contributed by atoms with Crippen LogP contribution in [0.4, 0.5) is 13.2 Å². The highest BCUT2D eigenvalue weighted by atomic mass is 19.4. The summed E-state index contributed by atoms with van der Waals surface area (Å²) in [5.74, 6) is 0. The van der Waals surface area contributed by atoms with E-state index < -0.39 is 17.3 Å². The van der Waals surface area contributed by atoms with Gasteiger partial charge in [0.2, 0.25) is 0 Å². The molecule has 0 atom stereocenters. The summed E-state index contributed by atoms with van der Waals surface area (Å²) in [6, 6.07) is 1.21. The average molecular weight is 218 g/mol. The Balaban J connectivity index is 2.47. The van der Waals surface area contributed by atoms with Gasteiger partial charge in [-0.3, -0.25) is 4.98 Å². The highest BCUT2D eigenvalue weighted by Crippen LogP contribution is 2.37. The highest BCUT2D eigenvalue weighted by Gasteiger charge is 2.44. The van der Waals surface area contributed by atoms with E-state index in [1.54, 1.807) is 0 Å². The second kappa shape index (κ2) is 3.18. The molecular formula is C9H9F3N2O. The third-order valence-corrected chi connectivity index (χ3v) is 2.46. The third kappa shape index (κ3) is 1.70. The van der Waals surface area contributed by atoms with Gasteiger partial charge in [0, 0.05) is 31.0 Å². The molecule has 2 heterocycles. The number of nitrogens with zero attached hydrogens (tertiary/aromatic N) is 1. The standard InChI is InChI=1S/C9H9F3N2O/c10-9(11,12)7-3-13-2-1-6(7)8(15)4-14-5-8/h1-3,14-15H,4-5H2. The fourth-order valence-corrected chi connectivity index (χ4v) is 1.58. The monoisotopic (exact) mass is 218 g/mol. The van der Waals surface area contributed by atoms with Crippen LogP contribution in [0.15, 0.2) is 18.5 Å². The van der Waals surface area contributed by atoms with Gasteiger partial charge in [0.25, 0.3) is 0 Å². The topological polar surface area (TPSA) is 45.2 Å². The number of aliphatic hydroxyl groups is 1. The normalized spacial score (nSPS) is 19.7. The van der Waals surface area contributed by atoms with Crippen LogP contribution in [-0.4, -0.2) is 23.2 Å². The summed E-state index contributed by atoms with van der Waals surface area (Å²) in [5.41, 5.74) is -2.38. The van der Waals surface area contributed by atoms with Crippen LogP contribution in [0.3, 0.4) is 0 Å². The van der Waals surface area contributed by atoms with Crippen molar-refractivity contribution in [3.05, 3.63) is 29.6 Å². The second-order valence-corrected chi connectivity index (χ2v) is 3.55. The average Bonchev–Trinajstić information content (AvgIpc) is 2.13. The number of rotatable bonds is 1. The minimum absolute atomic E-state index is 0.108. The Kier molecular flexibility index (Phi) is 2.20. The van der Waals surface area contributed by atoms with E-state index in [9.17, 15) is 18.3 Å². The molecule has 0 bridgehead atoms. The summed E-state index contributed by atoms with van der Waals surface area (Å²) < 4.78 is 37.7. The minimum atomic E-state index is -4.48. The van der Waals surface area contributed by atoms with E-state index in [0.29, 0.717) is 0 Å². The van der Waals surface area contributed by atoms with Crippen molar-refractivity contribution in [2.24, 2.45) is 0 Å². The number of hydrogen-bond acceptors (Lipinski definition) is 3. The summed E-state index contributed by atoms with van der Waals surface area (Å²) in [4.78, 5) is 3.43. The zero-order valence-electron chi connectivity index (χ0n) is 7.67. The summed E-state index contributed by atoms with van der Waals surface area (Å²) >= 11 is 0. The largest absolute Gasteiger partial charge is 0.418 e. The molecule has 1 fully saturated rings. The molecule has 1 aromatic heterocycles. The molecule has 82 valence electrons. The highest BCUT2D eigenvalue weighted by molar-refractivity contribution is 5.34. The van der Waals surface area contributed by atoms with E-state index in [4.69, 9.17) is 0 Å². The molecule has 0 radical (unpaired) electrons. The van der Waals surface area contributed by atoms with Crippen molar-refractivity contribution in [1.82, 2.24) is 10.3 Å². The van der Waals surface area contributed by atoms with Crippen molar-refractivity contribution in [1.29, 1.82) is 0 Å². The van der Waals surface area contributed by atoms with Gasteiger partial charge in [-0.15, -0.1) is 0 Å². The zero-order chi connectivity index (χ0) is 11.1. The maximum atomic E-state index is 12.6. The van der Waals surface area contributed by atoms with Crippen molar-refractivity contribution >= 4 is 0 Å². The molecule has 2 rings (SSSR count). The third-order valence-electron chi connectivity index (χ3n) is 2.46. The molecule has 0 amide bonds. The van der Waals surface area contributed by atoms with Gasteiger partial charge in [-0.25, -0.2) is 0 Å². The molecule has 0 saturated carbocycles. The predicted octanol–water partition coefficient (Wildman–Crippen LogP) is 0.891. The Morgan fingerprint density at radius 3 is 2.53 bits per heavy atom. The number of aromatic nitrogens is 1. The Morgan fingerprint density at radius 1 is 1.40 bits per heavy atom. The maximum Gasteiger partial charge on any atom is 0.418 e. The Labute approximate surface area is 83.9 Å². The molecular weight excluding hydrogens is 209 g/mol. The molecule has 0 unspecified atom stereocenters. The quantitative estimate of drug-likeness (QED) is 0.735. The fraction of sp³-hybridized carbons (Fsp3) is 0.444. The van der Waals surface area contributed by atoms with E-state index in [1.165, 1.54) is 12.3 Å². The van der Waals surface area contributed by atoms with Gasteiger partial charge >= 0.3 is 6.18 Å². The van der Waals surface area contributed by atoms with Gasteiger partial charge in [-0.05, 0) is 6.07 Å². The van der Waals surface area contributed by atoms with E-state index in [0.717, 1.165) is 6.20 Å². The van der Waals surface area contributed by atoms with Crippen molar-refractivity contribution in [2.75, 3.05) is 13.1 Å². The summed E-state index contributed by atoms with van der Waals surface area (Å²) in [6.07, 6.45) is -2.48. The van der Waals surface area contributed by atoms with Crippen molar-refractivity contribution in [3.63, 3.8) is 0 Å². The Bertz CT molecular complexity index is 374. The van der Waals surface area contributed by atoms with Crippen molar-refractivity contribution in [3.8, 4) is 0 Å². The number of nitrogens with one attached hydrogen (secondary N) is 1. The lowest BCUT2D eigenvalue weighted by Crippen LogP contribution is -2.57. The minimum Gasteiger partial charge on any atom is -0.382 e. The van der Waals surface area contributed by atoms with Gasteiger partial charge in [-0.1, -0.05) is 0 Å². The smallest absolute Gasteiger partial charge is 0.382 e. The second-order valence-electron chi connectivity index (χ2n) is 3.55. The van der Waals surface area contributed by atoms with Gasteiger partial charge < -0.3 is 10.4 Å². The van der Waals surface area contributed by atoms with Crippen LogP contribution < -0.4 is 5.32 Å². The summed E-state index contributed by atoms with van der Waals surface area (Å²) in [5, 5.41) is 12.6. The first-order valence-electron chi connectivity index (χ1n) is 4.38. The van der Waals surface area contributed by atoms with Crippen LogP contribution in [0.5, 0.6) is 0 Å². The van der Waals surface area contributed by atoms with E-state index in [2.05, 4.69) is 10.3 Å². The van der Waals surface area contributed by atoms with E-state index in [-0.39, 0.29) is 18.7 Å². The van der Waals surface area contributed by atoms with Crippen LogP contribution in [0, 0.1) is 0 Å². The van der Waals surface area contributed by atoms with Crippen LogP contribution in [0.1, 0.15) is 11.1 Å². The van der Waals surface area contributed by atoms with Crippen LogP contribution >= 0.6 is 0 Å². The van der Waals surface area contributed by atoms with Crippen LogP contribution in [-0.2, 0) is 11.8 Å². The molecule has 0 aromatic carbocycles. The molecule has 1 saturated heterocycles. The summed E-state index contributed by atoms with van der Waals surface area (Å²) in [6.45, 7) is 0.278. The fourth-order valence-electron chi connectivity index (χ4n) is 1.58. The Morgan fingerprint density at radius 2 is 2.07 bits per heavy atom. The first-order chi connectivity index (χ1) is 6.93. The molecule has 1 aromatic rings. The number of alkyl halides is 3. The lowest BCUT2D eigenvalue weighted by Gasteiger charge is -2.39. The number of halogens is 3. The SMILES string of the molecule is OC1(c2ccncc2C(F)(F)F)CNC1. The number of pyridine rings is 1. The van der Waals surface area contributed by atoms with Gasteiger partial charge in [0.05, 0.1) is 5.56 Å². The first-order valence-corrected chi connectivity index (χ1v) is 4.38. The summed E-state index contributed by atoms with van der Waals surface area (Å²) in [7, 11) is 0. The maximum absolute atomic E-state index is 12.6. The van der Waals surface area contributed by atoms with Crippen LogP contribution in [0.25, 0.3) is 0 Å². The molecule has 1 aliphatic heterocycles. The number of hydrogen-bond donors (Lipinski definition) is 2. The number of β-amino-alcohol motifs (C(OH)–C–C–N with tert-alkyl or cyclic N) is 1. The predicted molar refractivity (Wildman–Crippen MR) is 46.0 cm³/mol. The van der Waals surface area contributed by atoms with Gasteiger partial charge in [0.15, 0.2) is 0 Å². The molecule has 0 spiro atoms. The van der Waals surface area contributed by atoms with Crippen LogP contribution in [0.2, 0.25) is 0 Å². The molecule has 15 heavy (non-hydrogen) atoms. The van der Waals surface area contributed by atoms with Crippen molar-refractivity contribution in [2.45, 2.75) is 11.8 Å². The lowest BCUT2D eigenvalue weighted by atomic mass is 9.86. The molecule has 3 nitrogen and oxygen atoms in total. The van der Waals surface area contributed by atoms with E-state index >= 15 is 0 Å². The van der Waals surface area contributed by atoms with E-state index in [1.807, 2.05) is 0 Å². The zero-order valence-corrected chi connectivity index (χ0v) is 7.67. The van der Waals surface area contributed by atoms with Gasteiger partial charge in [0.1, 0.15) is 5.60 Å². The van der Waals surface area contributed by atoms with Gasteiger partial charge in [-0.2, -0.15) is 13.2 Å². The Hall–Kier alpha value is -1.14. The molecule has 6 heteroatoms. The van der Waals surface area contributed by atoms with Crippen molar-refractivity contribution < 1.29 is 18.3 Å². The molecule has 0 aliphatic carbocycles. The lowest BCUT2D eigenvalue weighted by molar-refractivity contribution is -0.142. The molecule has 2 N–H and O–H groups in total. The molecule has 1 aliphatic rings.